The molecule has 0 aliphatic heterocycles. The van der Waals surface area contributed by atoms with E-state index in [-0.39, 0.29) is 5.91 Å². The minimum Gasteiger partial charge on any atom is -0.352 e. The smallest absolute Gasteiger partial charge is 0.251 e. The molecule has 2 heterocycles. The molecule has 0 saturated heterocycles. The second-order valence-corrected chi connectivity index (χ2v) is 6.77. The summed E-state index contributed by atoms with van der Waals surface area (Å²) in [5.74, 6) is -0.0430. The quantitative estimate of drug-likeness (QED) is 0.592. The number of carbonyl (C=O) groups is 1. The van der Waals surface area contributed by atoms with Gasteiger partial charge in [0.1, 0.15) is 6.33 Å². The molecule has 4 rings (SSSR count). The Kier molecular flexibility index (Phi) is 4.31. The highest BCUT2D eigenvalue weighted by Gasteiger charge is 2.07. The molecular formula is C20H17N3OS. The highest BCUT2D eigenvalue weighted by molar-refractivity contribution is 7.09. The Morgan fingerprint density at radius 2 is 1.88 bits per heavy atom. The molecule has 5 heteroatoms. The monoisotopic (exact) mass is 347 g/mol. The van der Waals surface area contributed by atoms with Crippen LogP contribution in [0.25, 0.3) is 16.7 Å². The van der Waals surface area contributed by atoms with Crippen molar-refractivity contribution in [2.75, 3.05) is 6.54 Å². The van der Waals surface area contributed by atoms with Crippen LogP contribution in [0.3, 0.4) is 0 Å². The van der Waals surface area contributed by atoms with Gasteiger partial charge in [0.25, 0.3) is 5.91 Å². The summed E-state index contributed by atoms with van der Waals surface area (Å²) in [4.78, 5) is 17.9. The van der Waals surface area contributed by atoms with E-state index in [2.05, 4.69) is 21.7 Å². The van der Waals surface area contributed by atoms with E-state index >= 15 is 0 Å². The Morgan fingerprint density at radius 3 is 2.68 bits per heavy atom. The number of nitrogens with one attached hydrogen (secondary N) is 1. The molecule has 124 valence electrons. The maximum absolute atomic E-state index is 12.3. The highest BCUT2D eigenvalue weighted by Crippen LogP contribution is 2.18. The molecule has 0 aliphatic carbocycles. The van der Waals surface area contributed by atoms with Crippen LogP contribution in [0.5, 0.6) is 0 Å². The molecule has 2 aromatic carbocycles. The lowest BCUT2D eigenvalue weighted by molar-refractivity contribution is 0.0954. The van der Waals surface area contributed by atoms with Crippen LogP contribution in [0.1, 0.15) is 15.2 Å². The van der Waals surface area contributed by atoms with Gasteiger partial charge < -0.3 is 5.32 Å². The normalized spacial score (nSPS) is 10.9. The van der Waals surface area contributed by atoms with Crippen molar-refractivity contribution in [3.63, 3.8) is 0 Å². The summed E-state index contributed by atoms with van der Waals surface area (Å²) in [6, 6.07) is 19.7. The molecule has 1 N–H and O–H groups in total. The molecule has 0 radical (unpaired) electrons. The Morgan fingerprint density at radius 1 is 1.04 bits per heavy atom. The lowest BCUT2D eigenvalue weighted by atomic mass is 10.2. The molecule has 0 saturated carbocycles. The third-order valence-corrected chi connectivity index (χ3v) is 5.03. The number of benzene rings is 2. The van der Waals surface area contributed by atoms with Crippen LogP contribution < -0.4 is 5.32 Å². The van der Waals surface area contributed by atoms with Gasteiger partial charge in [-0.1, -0.05) is 18.2 Å². The zero-order valence-corrected chi connectivity index (χ0v) is 14.4. The predicted octanol–water partition coefficient (Wildman–Crippen LogP) is 4.06. The van der Waals surface area contributed by atoms with E-state index in [4.69, 9.17) is 0 Å². The van der Waals surface area contributed by atoms with Crippen molar-refractivity contribution in [1.29, 1.82) is 0 Å². The largest absolute Gasteiger partial charge is 0.352 e. The first-order valence-corrected chi connectivity index (χ1v) is 9.02. The number of imidazole rings is 1. The molecule has 0 fully saturated rings. The molecule has 4 aromatic rings. The maximum atomic E-state index is 12.3. The Bertz CT molecular complexity index is 987. The van der Waals surface area contributed by atoms with Gasteiger partial charge >= 0.3 is 0 Å². The summed E-state index contributed by atoms with van der Waals surface area (Å²) < 4.78 is 2.02. The van der Waals surface area contributed by atoms with Crippen LogP contribution >= 0.6 is 11.3 Å². The van der Waals surface area contributed by atoms with E-state index in [9.17, 15) is 4.79 Å². The number of aromatic nitrogens is 2. The predicted molar refractivity (Wildman–Crippen MR) is 101 cm³/mol. The first-order chi connectivity index (χ1) is 12.3. The number of hydrogen-bond donors (Lipinski definition) is 1. The number of fused-ring (bicyclic) bond motifs is 1. The highest BCUT2D eigenvalue weighted by atomic mass is 32.1. The van der Waals surface area contributed by atoms with Crippen molar-refractivity contribution >= 4 is 28.3 Å². The summed E-state index contributed by atoms with van der Waals surface area (Å²) in [5, 5.41) is 5.02. The zero-order chi connectivity index (χ0) is 17.1. The number of amides is 1. The van der Waals surface area contributed by atoms with E-state index in [0.717, 1.165) is 23.1 Å². The van der Waals surface area contributed by atoms with Crippen molar-refractivity contribution < 1.29 is 4.79 Å². The Labute approximate surface area is 149 Å². The van der Waals surface area contributed by atoms with Crippen molar-refractivity contribution in [2.45, 2.75) is 6.42 Å². The van der Waals surface area contributed by atoms with Gasteiger partial charge in [0.05, 0.1) is 11.0 Å². The zero-order valence-electron chi connectivity index (χ0n) is 13.6. The van der Waals surface area contributed by atoms with Gasteiger partial charge in [-0.3, -0.25) is 9.36 Å². The number of hydrogen-bond acceptors (Lipinski definition) is 3. The fourth-order valence-corrected chi connectivity index (χ4v) is 3.50. The minimum absolute atomic E-state index is 0.0430. The van der Waals surface area contributed by atoms with Gasteiger partial charge in [-0.2, -0.15) is 0 Å². The van der Waals surface area contributed by atoms with E-state index in [1.807, 2.05) is 59.2 Å². The minimum atomic E-state index is -0.0430. The molecule has 0 spiro atoms. The SMILES string of the molecule is O=C(NCCc1cccs1)c1ccc(-n2cnc3ccccc32)cc1. The Balaban J connectivity index is 1.45. The van der Waals surface area contributed by atoms with Crippen LogP contribution in [0.4, 0.5) is 0 Å². The van der Waals surface area contributed by atoms with Gasteiger partial charge in [0, 0.05) is 22.7 Å². The fourth-order valence-electron chi connectivity index (χ4n) is 2.79. The van der Waals surface area contributed by atoms with Crippen molar-refractivity contribution in [3.05, 3.63) is 82.8 Å². The lowest BCUT2D eigenvalue weighted by Crippen LogP contribution is -2.25. The fraction of sp³-hybridized carbons (Fsp3) is 0.100. The average molecular weight is 347 g/mol. The van der Waals surface area contributed by atoms with Crippen LogP contribution in [0.15, 0.2) is 72.4 Å². The second kappa shape index (κ2) is 6.91. The number of rotatable bonds is 5. The molecule has 0 unspecified atom stereocenters. The summed E-state index contributed by atoms with van der Waals surface area (Å²) in [7, 11) is 0. The van der Waals surface area contributed by atoms with E-state index in [1.165, 1.54) is 4.88 Å². The second-order valence-electron chi connectivity index (χ2n) is 5.74. The lowest BCUT2D eigenvalue weighted by Gasteiger charge is -2.07. The van der Waals surface area contributed by atoms with Gasteiger partial charge in [-0.15, -0.1) is 11.3 Å². The van der Waals surface area contributed by atoms with Crippen molar-refractivity contribution in [2.24, 2.45) is 0 Å². The summed E-state index contributed by atoms with van der Waals surface area (Å²) in [6.45, 7) is 0.646. The summed E-state index contributed by atoms with van der Waals surface area (Å²) in [6.07, 6.45) is 2.67. The van der Waals surface area contributed by atoms with Gasteiger partial charge in [0.2, 0.25) is 0 Å². The third-order valence-electron chi connectivity index (χ3n) is 4.10. The van der Waals surface area contributed by atoms with Gasteiger partial charge in [0.15, 0.2) is 0 Å². The van der Waals surface area contributed by atoms with Crippen molar-refractivity contribution in [3.8, 4) is 5.69 Å². The Hall–Kier alpha value is -2.92. The van der Waals surface area contributed by atoms with Crippen LogP contribution in [0.2, 0.25) is 0 Å². The average Bonchev–Trinajstić information content (AvgIpc) is 3.31. The number of carbonyl (C=O) groups excluding carboxylic acids is 1. The first kappa shape index (κ1) is 15.6. The standard InChI is InChI=1S/C20H17N3OS/c24-20(21-12-11-17-4-3-13-25-17)15-7-9-16(10-8-15)23-14-22-18-5-1-2-6-19(18)23/h1-10,13-14H,11-12H2,(H,21,24). The number of thiophene rings is 1. The van der Waals surface area contributed by atoms with Crippen LogP contribution in [-0.4, -0.2) is 22.0 Å². The molecule has 1 amide bonds. The first-order valence-electron chi connectivity index (χ1n) is 8.14. The van der Waals surface area contributed by atoms with Gasteiger partial charge in [-0.25, -0.2) is 4.98 Å². The molecule has 0 atom stereocenters. The van der Waals surface area contributed by atoms with Crippen LogP contribution in [0, 0.1) is 0 Å². The number of nitrogens with zero attached hydrogens (tertiary/aromatic N) is 2. The van der Waals surface area contributed by atoms with E-state index in [1.54, 1.807) is 17.7 Å². The van der Waals surface area contributed by atoms with Gasteiger partial charge in [-0.05, 0) is 54.3 Å². The molecule has 2 aromatic heterocycles. The molecule has 4 nitrogen and oxygen atoms in total. The van der Waals surface area contributed by atoms with Crippen LogP contribution in [-0.2, 0) is 6.42 Å². The summed E-state index contributed by atoms with van der Waals surface area (Å²) >= 11 is 1.71. The van der Waals surface area contributed by atoms with Crippen molar-refractivity contribution in [1.82, 2.24) is 14.9 Å². The molecular weight excluding hydrogens is 330 g/mol. The third kappa shape index (κ3) is 3.32. The van der Waals surface area contributed by atoms with E-state index in [0.29, 0.717) is 12.1 Å². The number of para-hydroxylation sites is 2. The maximum Gasteiger partial charge on any atom is 0.251 e. The molecule has 0 aliphatic rings. The van der Waals surface area contributed by atoms with E-state index < -0.39 is 0 Å². The molecule has 0 bridgehead atoms. The topological polar surface area (TPSA) is 46.9 Å². The summed E-state index contributed by atoms with van der Waals surface area (Å²) in [5.41, 5.74) is 3.66. The molecule has 25 heavy (non-hydrogen) atoms.